The molecule has 1 aromatic carbocycles. The van der Waals surface area contributed by atoms with Crippen LogP contribution < -0.4 is 5.32 Å². The second-order valence-corrected chi connectivity index (χ2v) is 6.94. The number of carbonyl (C=O) groups excluding carboxylic acids is 1. The Morgan fingerprint density at radius 3 is 2.64 bits per heavy atom. The summed E-state index contributed by atoms with van der Waals surface area (Å²) in [5.74, 6) is 0.860. The van der Waals surface area contributed by atoms with Gasteiger partial charge in [0.1, 0.15) is 5.69 Å². The SMILES string of the molecule is Cc1cccc(C(C)C)c1Nc1nccc(C(=O)N2CCCCC2)n1. The van der Waals surface area contributed by atoms with E-state index in [4.69, 9.17) is 0 Å². The minimum Gasteiger partial charge on any atom is -0.337 e. The third-order valence-electron chi connectivity index (χ3n) is 4.68. The first-order valence-corrected chi connectivity index (χ1v) is 9.05. The minimum absolute atomic E-state index is 0.000910. The Balaban J connectivity index is 1.84. The molecule has 1 aromatic heterocycles. The van der Waals surface area contributed by atoms with Gasteiger partial charge in [0.25, 0.3) is 5.91 Å². The highest BCUT2D eigenvalue weighted by Gasteiger charge is 2.20. The van der Waals surface area contributed by atoms with Crippen LogP contribution in [-0.2, 0) is 0 Å². The van der Waals surface area contributed by atoms with E-state index in [0.717, 1.165) is 37.2 Å². The van der Waals surface area contributed by atoms with Crippen molar-refractivity contribution in [3.63, 3.8) is 0 Å². The summed E-state index contributed by atoms with van der Waals surface area (Å²) in [4.78, 5) is 23.3. The number of para-hydroxylation sites is 1. The summed E-state index contributed by atoms with van der Waals surface area (Å²) >= 11 is 0. The van der Waals surface area contributed by atoms with Crippen molar-refractivity contribution in [2.45, 2.75) is 46.0 Å². The Hall–Kier alpha value is -2.43. The predicted molar refractivity (Wildman–Crippen MR) is 100 cm³/mol. The van der Waals surface area contributed by atoms with E-state index >= 15 is 0 Å². The molecule has 2 aromatic rings. The zero-order valence-corrected chi connectivity index (χ0v) is 15.2. The van der Waals surface area contributed by atoms with Gasteiger partial charge >= 0.3 is 0 Å². The van der Waals surface area contributed by atoms with E-state index in [1.54, 1.807) is 12.3 Å². The lowest BCUT2D eigenvalue weighted by Gasteiger charge is -2.26. The number of piperidine rings is 1. The van der Waals surface area contributed by atoms with E-state index in [1.807, 2.05) is 4.90 Å². The molecule has 1 fully saturated rings. The molecule has 0 saturated carbocycles. The van der Waals surface area contributed by atoms with Crippen molar-refractivity contribution in [1.82, 2.24) is 14.9 Å². The van der Waals surface area contributed by atoms with Gasteiger partial charge in [0, 0.05) is 25.0 Å². The lowest BCUT2D eigenvalue weighted by atomic mass is 9.98. The van der Waals surface area contributed by atoms with Gasteiger partial charge < -0.3 is 10.2 Å². The zero-order chi connectivity index (χ0) is 17.8. The van der Waals surface area contributed by atoms with Gasteiger partial charge in [-0.25, -0.2) is 9.97 Å². The molecule has 1 saturated heterocycles. The minimum atomic E-state index is -0.000910. The number of hydrogen-bond donors (Lipinski definition) is 1. The van der Waals surface area contributed by atoms with Crippen LogP contribution >= 0.6 is 0 Å². The van der Waals surface area contributed by atoms with Crippen LogP contribution in [0.15, 0.2) is 30.5 Å². The molecule has 5 heteroatoms. The van der Waals surface area contributed by atoms with E-state index in [9.17, 15) is 4.79 Å². The first-order valence-electron chi connectivity index (χ1n) is 9.05. The topological polar surface area (TPSA) is 58.1 Å². The van der Waals surface area contributed by atoms with Crippen molar-refractivity contribution in [1.29, 1.82) is 0 Å². The van der Waals surface area contributed by atoms with E-state index < -0.39 is 0 Å². The molecule has 0 radical (unpaired) electrons. The van der Waals surface area contributed by atoms with Crippen molar-refractivity contribution in [3.05, 3.63) is 47.3 Å². The summed E-state index contributed by atoms with van der Waals surface area (Å²) in [6.07, 6.45) is 5.00. The second-order valence-electron chi connectivity index (χ2n) is 6.94. The Kier molecular flexibility index (Phi) is 5.31. The van der Waals surface area contributed by atoms with Crippen molar-refractivity contribution in [3.8, 4) is 0 Å². The Labute approximate surface area is 149 Å². The smallest absolute Gasteiger partial charge is 0.272 e. The molecule has 0 bridgehead atoms. The van der Waals surface area contributed by atoms with Crippen LogP contribution in [0.5, 0.6) is 0 Å². The third-order valence-corrected chi connectivity index (χ3v) is 4.68. The van der Waals surface area contributed by atoms with Crippen molar-refractivity contribution in [2.75, 3.05) is 18.4 Å². The highest BCUT2D eigenvalue weighted by molar-refractivity contribution is 5.92. The van der Waals surface area contributed by atoms with Gasteiger partial charge in [-0.15, -0.1) is 0 Å². The summed E-state index contributed by atoms with van der Waals surface area (Å²) in [6.45, 7) is 8.03. The molecule has 0 spiro atoms. The first kappa shape index (κ1) is 17.4. The summed E-state index contributed by atoms with van der Waals surface area (Å²) in [5, 5.41) is 3.33. The highest BCUT2D eigenvalue weighted by Crippen LogP contribution is 2.29. The van der Waals surface area contributed by atoms with E-state index in [1.165, 1.54) is 12.0 Å². The first-order chi connectivity index (χ1) is 12.1. The van der Waals surface area contributed by atoms with Gasteiger partial charge in [-0.2, -0.15) is 0 Å². The largest absolute Gasteiger partial charge is 0.337 e. The van der Waals surface area contributed by atoms with Crippen LogP contribution in [0.2, 0.25) is 0 Å². The van der Waals surface area contributed by atoms with Crippen molar-refractivity contribution >= 4 is 17.5 Å². The molecule has 1 amide bonds. The normalized spacial score (nSPS) is 14.6. The van der Waals surface area contributed by atoms with Crippen LogP contribution in [0.1, 0.15) is 60.6 Å². The van der Waals surface area contributed by atoms with Gasteiger partial charge in [0.05, 0.1) is 0 Å². The van der Waals surface area contributed by atoms with Crippen LogP contribution in [-0.4, -0.2) is 33.9 Å². The molecular weight excluding hydrogens is 312 g/mol. The van der Waals surface area contributed by atoms with Crippen LogP contribution in [0.25, 0.3) is 0 Å². The number of hydrogen-bond acceptors (Lipinski definition) is 4. The van der Waals surface area contributed by atoms with Crippen LogP contribution in [0, 0.1) is 6.92 Å². The Bertz CT molecular complexity index is 751. The molecule has 25 heavy (non-hydrogen) atoms. The number of likely N-dealkylation sites (tertiary alicyclic amines) is 1. The number of carbonyl (C=O) groups is 1. The van der Waals surface area contributed by atoms with Gasteiger partial charge in [-0.1, -0.05) is 32.0 Å². The molecule has 1 aliphatic heterocycles. The Morgan fingerprint density at radius 2 is 1.92 bits per heavy atom. The van der Waals surface area contributed by atoms with E-state index in [0.29, 0.717) is 17.6 Å². The molecule has 0 aliphatic carbocycles. The molecular formula is C20H26N4O. The van der Waals surface area contributed by atoms with E-state index in [2.05, 4.69) is 54.3 Å². The standard InChI is InChI=1S/C20H26N4O/c1-14(2)16-9-7-8-15(3)18(16)23-20-21-11-10-17(22-20)19(25)24-12-5-4-6-13-24/h7-11,14H,4-6,12-13H2,1-3H3,(H,21,22,23). The fourth-order valence-corrected chi connectivity index (χ4v) is 3.25. The summed E-state index contributed by atoms with van der Waals surface area (Å²) in [5.41, 5.74) is 3.85. The monoisotopic (exact) mass is 338 g/mol. The number of rotatable bonds is 4. The van der Waals surface area contributed by atoms with Crippen LogP contribution in [0.4, 0.5) is 11.6 Å². The van der Waals surface area contributed by atoms with Gasteiger partial charge in [0.2, 0.25) is 5.95 Å². The number of anilines is 2. The average molecular weight is 338 g/mol. The molecule has 2 heterocycles. The maximum absolute atomic E-state index is 12.7. The second kappa shape index (κ2) is 7.64. The molecule has 0 unspecified atom stereocenters. The fourth-order valence-electron chi connectivity index (χ4n) is 3.25. The summed E-state index contributed by atoms with van der Waals surface area (Å²) < 4.78 is 0. The summed E-state index contributed by atoms with van der Waals surface area (Å²) in [6, 6.07) is 7.94. The molecule has 5 nitrogen and oxygen atoms in total. The molecule has 1 N–H and O–H groups in total. The van der Waals surface area contributed by atoms with Crippen LogP contribution in [0.3, 0.4) is 0 Å². The number of amides is 1. The fraction of sp³-hybridized carbons (Fsp3) is 0.450. The predicted octanol–water partition coefficient (Wildman–Crippen LogP) is 4.28. The third kappa shape index (κ3) is 3.98. The number of aromatic nitrogens is 2. The lowest BCUT2D eigenvalue weighted by molar-refractivity contribution is 0.0718. The highest BCUT2D eigenvalue weighted by atomic mass is 16.2. The molecule has 1 aliphatic rings. The Morgan fingerprint density at radius 1 is 1.16 bits per heavy atom. The van der Waals surface area contributed by atoms with Crippen molar-refractivity contribution < 1.29 is 4.79 Å². The quantitative estimate of drug-likeness (QED) is 0.904. The maximum Gasteiger partial charge on any atom is 0.272 e. The van der Waals surface area contributed by atoms with E-state index in [-0.39, 0.29) is 5.91 Å². The summed E-state index contributed by atoms with van der Waals surface area (Å²) in [7, 11) is 0. The average Bonchev–Trinajstić information content (AvgIpc) is 2.63. The number of benzene rings is 1. The number of nitrogens with zero attached hydrogens (tertiary/aromatic N) is 3. The number of aryl methyl sites for hydroxylation is 1. The zero-order valence-electron chi connectivity index (χ0n) is 15.2. The molecule has 132 valence electrons. The molecule has 3 rings (SSSR count). The molecule has 0 atom stereocenters. The number of nitrogens with one attached hydrogen (secondary N) is 1. The maximum atomic E-state index is 12.7. The van der Waals surface area contributed by atoms with Gasteiger partial charge in [-0.3, -0.25) is 4.79 Å². The van der Waals surface area contributed by atoms with Crippen molar-refractivity contribution in [2.24, 2.45) is 0 Å². The van der Waals surface area contributed by atoms with Gasteiger partial charge in [0.15, 0.2) is 0 Å². The lowest BCUT2D eigenvalue weighted by Crippen LogP contribution is -2.36. The van der Waals surface area contributed by atoms with Gasteiger partial charge in [-0.05, 0) is 49.3 Å².